The van der Waals surface area contributed by atoms with Crippen LogP contribution in [0.4, 0.5) is 47.3 Å². The predicted octanol–water partition coefficient (Wildman–Crippen LogP) is 19.0. The Balaban J connectivity index is 1.34. The van der Waals surface area contributed by atoms with Gasteiger partial charge in [-0.15, -0.1) is 0 Å². The molecule has 0 fully saturated rings. The molecule has 2 nitrogen and oxygen atoms in total. The molecule has 0 bridgehead atoms. The molecule has 10 rings (SSSR count). The van der Waals surface area contributed by atoms with Crippen molar-refractivity contribution >= 4 is 66.4 Å². The van der Waals surface area contributed by atoms with Crippen LogP contribution >= 0.6 is 0 Å². The Kier molecular flexibility index (Phi) is 11.1. The van der Waals surface area contributed by atoms with Crippen molar-refractivity contribution in [2.24, 2.45) is 0 Å². The van der Waals surface area contributed by atoms with Crippen LogP contribution in [0.2, 0.25) is 0 Å². The van der Waals surface area contributed by atoms with Gasteiger partial charge in [0.2, 0.25) is 0 Å². The largest absolute Gasteiger partial charge is 0.418 e. The average Bonchev–Trinajstić information content (AvgIpc) is 3.33. The van der Waals surface area contributed by atoms with Crippen LogP contribution in [0.5, 0.6) is 0 Å². The number of benzene rings is 10. The molecule has 0 aromatic heterocycles. The number of alkyl halides is 3. The number of para-hydroxylation sites is 2. The smallest absolute Gasteiger partial charge is 0.309 e. The molecular weight excluding hydrogens is 830 g/mol. The van der Waals surface area contributed by atoms with E-state index in [9.17, 15) is 0 Å². The van der Waals surface area contributed by atoms with E-state index in [4.69, 9.17) is 0 Å². The lowest BCUT2D eigenvalue weighted by molar-refractivity contribution is -0.137. The Bertz CT molecular complexity index is 3440. The second-order valence-electron chi connectivity index (χ2n) is 18.6. The van der Waals surface area contributed by atoms with E-state index < -0.39 is 11.7 Å². The fourth-order valence-corrected chi connectivity index (χ4v) is 10.2. The minimum absolute atomic E-state index is 0.0515. The van der Waals surface area contributed by atoms with E-state index in [1.54, 1.807) is 12.1 Å². The summed E-state index contributed by atoms with van der Waals surface area (Å²) in [6.45, 7) is 15.2. The van der Waals surface area contributed by atoms with E-state index >= 15 is 13.2 Å². The number of rotatable bonds is 10. The summed E-state index contributed by atoms with van der Waals surface area (Å²) in [5.41, 5.74) is 13.6. The molecule has 0 atom stereocenters. The Morgan fingerprint density at radius 3 is 1.18 bits per heavy atom. The van der Waals surface area contributed by atoms with Crippen molar-refractivity contribution in [3.05, 3.63) is 215 Å². The molecule has 0 aliphatic carbocycles. The summed E-state index contributed by atoms with van der Waals surface area (Å²) in [7, 11) is 0. The Labute approximate surface area is 391 Å². The van der Waals surface area contributed by atoms with Gasteiger partial charge >= 0.3 is 6.18 Å². The molecule has 0 saturated heterocycles. The van der Waals surface area contributed by atoms with Crippen molar-refractivity contribution in [2.45, 2.75) is 66.5 Å². The van der Waals surface area contributed by atoms with E-state index in [0.717, 1.165) is 93.9 Å². The van der Waals surface area contributed by atoms with E-state index in [0.29, 0.717) is 11.4 Å². The molecule has 0 amide bonds. The standard InChI is InChI=1S/C62H53F3N2/c1-38(2)51-36-58(66(54-24-16-14-18-40(54)5)56-34-45(28-26-41(56)6)43-19-10-8-11-20-43)49-32-30-48-52(39(3)4)37-59(50-33-31-47(51)60(49)61(48)50)67(55-25-17-15-23-53(55)62(63,64)65)57-35-46(29-27-42(57)7)44-21-12-9-13-22-44/h8-39H,1-7H3. The van der Waals surface area contributed by atoms with Crippen molar-refractivity contribution in [1.29, 1.82) is 0 Å². The number of halogens is 3. The molecule has 0 heterocycles. The molecule has 0 radical (unpaired) electrons. The number of hydrogen-bond acceptors (Lipinski definition) is 2. The Morgan fingerprint density at radius 1 is 0.343 bits per heavy atom. The number of hydrogen-bond donors (Lipinski definition) is 0. The highest BCUT2D eigenvalue weighted by molar-refractivity contribution is 6.29. The van der Waals surface area contributed by atoms with Crippen LogP contribution in [0.15, 0.2) is 182 Å². The van der Waals surface area contributed by atoms with E-state index in [1.807, 2.05) is 60.4 Å². The number of aryl methyl sites for hydroxylation is 3. The summed E-state index contributed by atoms with van der Waals surface area (Å²) in [6, 6.07) is 61.4. The van der Waals surface area contributed by atoms with Gasteiger partial charge in [-0.3, -0.25) is 0 Å². The van der Waals surface area contributed by atoms with Gasteiger partial charge < -0.3 is 9.80 Å². The zero-order valence-corrected chi connectivity index (χ0v) is 39.0. The molecule has 0 spiro atoms. The highest BCUT2D eigenvalue weighted by atomic mass is 19.4. The summed E-state index contributed by atoms with van der Waals surface area (Å²) < 4.78 is 46.2. The molecule has 10 aromatic carbocycles. The Hall–Kier alpha value is -7.37. The summed E-state index contributed by atoms with van der Waals surface area (Å²) in [4.78, 5) is 4.31. The third kappa shape index (κ3) is 7.66. The van der Waals surface area contributed by atoms with Gasteiger partial charge in [-0.05, 0) is 147 Å². The molecule has 0 saturated carbocycles. The van der Waals surface area contributed by atoms with Gasteiger partial charge in [0.25, 0.3) is 0 Å². The van der Waals surface area contributed by atoms with Gasteiger partial charge in [-0.2, -0.15) is 13.2 Å². The molecule has 0 N–H and O–H groups in total. The lowest BCUT2D eigenvalue weighted by atomic mass is 9.83. The van der Waals surface area contributed by atoms with Gasteiger partial charge in [0.15, 0.2) is 0 Å². The number of nitrogens with zero attached hydrogens (tertiary/aromatic N) is 2. The quantitative estimate of drug-likeness (QED) is 0.126. The first-order valence-electron chi connectivity index (χ1n) is 23.2. The second kappa shape index (κ2) is 17.1. The molecule has 0 unspecified atom stereocenters. The maximum atomic E-state index is 15.4. The van der Waals surface area contributed by atoms with Gasteiger partial charge in [-0.1, -0.05) is 167 Å². The van der Waals surface area contributed by atoms with Crippen LogP contribution < -0.4 is 9.80 Å². The van der Waals surface area contributed by atoms with E-state index in [2.05, 4.69) is 156 Å². The Morgan fingerprint density at radius 2 is 0.731 bits per heavy atom. The lowest BCUT2D eigenvalue weighted by Crippen LogP contribution is -2.18. The fourth-order valence-electron chi connectivity index (χ4n) is 10.2. The van der Waals surface area contributed by atoms with Crippen LogP contribution in [0.3, 0.4) is 0 Å². The van der Waals surface area contributed by atoms with Crippen molar-refractivity contribution in [3.8, 4) is 22.3 Å². The maximum Gasteiger partial charge on any atom is 0.418 e. The topological polar surface area (TPSA) is 6.48 Å². The lowest BCUT2D eigenvalue weighted by Gasteiger charge is -2.34. The molecule has 67 heavy (non-hydrogen) atoms. The molecule has 0 aliphatic rings. The van der Waals surface area contributed by atoms with Crippen molar-refractivity contribution in [2.75, 3.05) is 9.80 Å². The van der Waals surface area contributed by atoms with Crippen LogP contribution in [0.25, 0.3) is 54.6 Å². The van der Waals surface area contributed by atoms with Crippen molar-refractivity contribution in [3.63, 3.8) is 0 Å². The predicted molar refractivity (Wildman–Crippen MR) is 278 cm³/mol. The van der Waals surface area contributed by atoms with Crippen LogP contribution in [-0.2, 0) is 6.18 Å². The van der Waals surface area contributed by atoms with Crippen molar-refractivity contribution in [1.82, 2.24) is 0 Å². The summed E-state index contributed by atoms with van der Waals surface area (Å²) in [5, 5.41) is 6.35. The van der Waals surface area contributed by atoms with Crippen LogP contribution in [-0.4, -0.2) is 0 Å². The summed E-state index contributed by atoms with van der Waals surface area (Å²) in [6.07, 6.45) is -4.61. The molecule has 0 aliphatic heterocycles. The molecule has 10 aromatic rings. The van der Waals surface area contributed by atoms with Gasteiger partial charge in [-0.25, -0.2) is 0 Å². The average molecular weight is 883 g/mol. The van der Waals surface area contributed by atoms with E-state index in [1.165, 1.54) is 17.7 Å². The second-order valence-corrected chi connectivity index (χ2v) is 18.6. The highest BCUT2D eigenvalue weighted by Gasteiger charge is 2.36. The first-order chi connectivity index (χ1) is 32.3. The summed E-state index contributed by atoms with van der Waals surface area (Å²) >= 11 is 0. The van der Waals surface area contributed by atoms with Gasteiger partial charge in [0.05, 0.1) is 22.6 Å². The molecule has 332 valence electrons. The van der Waals surface area contributed by atoms with Gasteiger partial charge in [0, 0.05) is 27.8 Å². The van der Waals surface area contributed by atoms with E-state index in [-0.39, 0.29) is 17.5 Å². The fraction of sp³-hybridized carbons (Fsp3) is 0.161. The van der Waals surface area contributed by atoms with Crippen molar-refractivity contribution < 1.29 is 13.2 Å². The van der Waals surface area contributed by atoms with Crippen LogP contribution in [0, 0.1) is 20.8 Å². The van der Waals surface area contributed by atoms with Crippen LogP contribution in [0.1, 0.15) is 72.9 Å². The zero-order valence-electron chi connectivity index (χ0n) is 39.0. The molecule has 5 heteroatoms. The minimum atomic E-state index is -4.61. The molecular formula is C62H53F3N2. The normalized spacial score (nSPS) is 12.0. The third-order valence-corrected chi connectivity index (χ3v) is 13.6. The first-order valence-corrected chi connectivity index (χ1v) is 23.2. The zero-order chi connectivity index (χ0) is 46.7. The number of anilines is 6. The minimum Gasteiger partial charge on any atom is -0.309 e. The highest BCUT2D eigenvalue weighted by Crippen LogP contribution is 2.53. The van der Waals surface area contributed by atoms with Gasteiger partial charge in [0.1, 0.15) is 0 Å². The SMILES string of the molecule is Cc1ccccc1N(c1cc(-c2ccccc2)ccc1C)c1cc(C(C)C)c2ccc3c(N(c4cc(-c5ccccc5)ccc4C)c4ccccc4C(F)(F)F)cc(C(C)C)c4ccc1c2c43. The first kappa shape index (κ1) is 43.5. The monoisotopic (exact) mass is 882 g/mol. The third-order valence-electron chi connectivity index (χ3n) is 13.6. The maximum absolute atomic E-state index is 15.4. The summed E-state index contributed by atoms with van der Waals surface area (Å²) in [5.74, 6) is 0.206.